The quantitative estimate of drug-likeness (QED) is 0.476. The van der Waals surface area contributed by atoms with Crippen LogP contribution in [0.3, 0.4) is 0 Å². The highest BCUT2D eigenvalue weighted by Crippen LogP contribution is 2.16. The van der Waals surface area contributed by atoms with E-state index >= 15 is 0 Å². The van der Waals surface area contributed by atoms with Crippen LogP contribution in [0.25, 0.3) is 0 Å². The normalized spacial score (nSPS) is 14.5. The number of carbonyl (C=O) groups is 2. The average molecular weight is 203 g/mol. The summed E-state index contributed by atoms with van der Waals surface area (Å²) in [6, 6.07) is 0. The molecule has 14 heavy (non-hydrogen) atoms. The molecule has 0 saturated heterocycles. The molecule has 5 heteroatoms. The number of aliphatic carboxylic acids is 1. The molecule has 0 saturated carbocycles. The number of hydrogen-bond acceptors (Lipinski definition) is 4. The minimum atomic E-state index is -1.15. The summed E-state index contributed by atoms with van der Waals surface area (Å²) in [4.78, 5) is 21.8. The zero-order valence-electron chi connectivity index (χ0n) is 8.53. The first kappa shape index (κ1) is 12.9. The zero-order valence-corrected chi connectivity index (χ0v) is 8.53. The number of carboxylic acids is 1. The van der Waals surface area contributed by atoms with Crippen LogP contribution in [-0.4, -0.2) is 30.7 Å². The number of methoxy groups -OCH3 is 1. The molecule has 0 aliphatic carbocycles. The van der Waals surface area contributed by atoms with Crippen LogP contribution in [0.1, 0.15) is 19.8 Å². The number of nitrogens with two attached hydrogens (primary N) is 1. The largest absolute Gasteiger partial charge is 0.481 e. The van der Waals surface area contributed by atoms with Crippen molar-refractivity contribution in [3.63, 3.8) is 0 Å². The number of ether oxygens (including phenoxy) is 1. The van der Waals surface area contributed by atoms with Crippen molar-refractivity contribution in [3.8, 4) is 0 Å². The van der Waals surface area contributed by atoms with Crippen LogP contribution in [0.5, 0.6) is 0 Å². The second-order valence-corrected chi connectivity index (χ2v) is 3.16. The van der Waals surface area contributed by atoms with Crippen molar-refractivity contribution in [2.45, 2.75) is 19.8 Å². The number of carbonyl (C=O) groups excluding carboxylic acids is 1. The van der Waals surface area contributed by atoms with Gasteiger partial charge in [-0.1, -0.05) is 13.3 Å². The maximum atomic E-state index is 11.1. The molecule has 0 bridgehead atoms. The van der Waals surface area contributed by atoms with Gasteiger partial charge >= 0.3 is 11.9 Å². The first-order valence-corrected chi connectivity index (χ1v) is 4.57. The molecule has 5 nitrogen and oxygen atoms in total. The second-order valence-electron chi connectivity index (χ2n) is 3.16. The van der Waals surface area contributed by atoms with E-state index in [2.05, 4.69) is 4.74 Å². The molecule has 0 aromatic heterocycles. The summed E-state index contributed by atoms with van der Waals surface area (Å²) in [5.41, 5.74) is 5.43. The Hall–Kier alpha value is -1.10. The Bertz CT molecular complexity index is 201. The second kappa shape index (κ2) is 6.37. The Kier molecular flexibility index (Phi) is 5.87. The monoisotopic (exact) mass is 203 g/mol. The molecule has 0 fully saturated rings. The van der Waals surface area contributed by atoms with Crippen molar-refractivity contribution in [1.29, 1.82) is 0 Å². The molecule has 0 aliphatic rings. The van der Waals surface area contributed by atoms with E-state index < -0.39 is 17.9 Å². The Morgan fingerprint density at radius 2 is 2.07 bits per heavy atom. The first-order chi connectivity index (χ1) is 6.56. The number of esters is 1. The fraction of sp³-hybridized carbons (Fsp3) is 0.778. The predicted octanol–water partition coefficient (Wildman–Crippen LogP) is 0.235. The molecular weight excluding hydrogens is 186 g/mol. The summed E-state index contributed by atoms with van der Waals surface area (Å²) in [5.74, 6) is -2.89. The van der Waals surface area contributed by atoms with E-state index in [0.717, 1.165) is 6.42 Å². The Morgan fingerprint density at radius 1 is 1.50 bits per heavy atom. The van der Waals surface area contributed by atoms with Gasteiger partial charge in [0.05, 0.1) is 7.11 Å². The van der Waals surface area contributed by atoms with E-state index in [1.165, 1.54) is 7.11 Å². The third-order valence-corrected chi connectivity index (χ3v) is 2.26. The summed E-state index contributed by atoms with van der Waals surface area (Å²) < 4.78 is 4.40. The lowest BCUT2D eigenvalue weighted by Crippen LogP contribution is -2.29. The predicted molar refractivity (Wildman–Crippen MR) is 50.6 cm³/mol. The Labute approximate surface area is 83.2 Å². The van der Waals surface area contributed by atoms with Gasteiger partial charge in [-0.2, -0.15) is 0 Å². The van der Waals surface area contributed by atoms with Gasteiger partial charge < -0.3 is 15.6 Å². The summed E-state index contributed by atoms with van der Waals surface area (Å²) in [6.45, 7) is 2.30. The molecule has 0 rings (SSSR count). The Balaban J connectivity index is 4.36. The van der Waals surface area contributed by atoms with Crippen molar-refractivity contribution in [3.05, 3.63) is 0 Å². The van der Waals surface area contributed by atoms with Gasteiger partial charge in [0.25, 0.3) is 0 Å². The molecule has 82 valence electrons. The fourth-order valence-electron chi connectivity index (χ4n) is 1.20. The Morgan fingerprint density at radius 3 is 2.36 bits per heavy atom. The van der Waals surface area contributed by atoms with E-state index in [-0.39, 0.29) is 12.3 Å². The van der Waals surface area contributed by atoms with Gasteiger partial charge in [-0.25, -0.2) is 0 Å². The van der Waals surface area contributed by atoms with Crippen LogP contribution in [0, 0.1) is 11.8 Å². The SMILES string of the molecule is CC[C@H](CN)C[C@@H](C(=O)O)C(=O)OC. The summed E-state index contributed by atoms with van der Waals surface area (Å²) in [5, 5.41) is 8.77. The molecule has 2 atom stereocenters. The topological polar surface area (TPSA) is 89.6 Å². The molecule has 0 unspecified atom stereocenters. The van der Waals surface area contributed by atoms with Crippen molar-refractivity contribution < 1.29 is 19.4 Å². The molecule has 0 spiro atoms. The average Bonchev–Trinajstić information content (AvgIpc) is 2.18. The standard InChI is InChI=1S/C9H17NO4/c1-3-6(5-10)4-7(8(11)12)9(13)14-2/h6-7H,3-5,10H2,1-2H3,(H,11,12)/t6-,7-/m0/s1. The molecule has 3 N–H and O–H groups in total. The van der Waals surface area contributed by atoms with Gasteiger partial charge in [-0.15, -0.1) is 0 Å². The zero-order chi connectivity index (χ0) is 11.1. The van der Waals surface area contributed by atoms with Crippen LogP contribution in [-0.2, 0) is 14.3 Å². The molecule has 0 aromatic carbocycles. The highest BCUT2D eigenvalue weighted by atomic mass is 16.5. The third-order valence-electron chi connectivity index (χ3n) is 2.26. The van der Waals surface area contributed by atoms with Gasteiger partial charge in [-0.05, 0) is 18.9 Å². The van der Waals surface area contributed by atoms with Gasteiger partial charge in [0.1, 0.15) is 0 Å². The van der Waals surface area contributed by atoms with E-state index in [1.807, 2.05) is 6.92 Å². The van der Waals surface area contributed by atoms with Gasteiger partial charge in [-0.3, -0.25) is 9.59 Å². The molecule has 0 heterocycles. The number of rotatable bonds is 6. The highest BCUT2D eigenvalue weighted by Gasteiger charge is 2.29. The minimum Gasteiger partial charge on any atom is -0.481 e. The fourth-order valence-corrected chi connectivity index (χ4v) is 1.20. The van der Waals surface area contributed by atoms with E-state index in [9.17, 15) is 9.59 Å². The summed E-state index contributed by atoms with van der Waals surface area (Å²) in [6.07, 6.45) is 1.01. The van der Waals surface area contributed by atoms with Crippen molar-refractivity contribution >= 4 is 11.9 Å². The van der Waals surface area contributed by atoms with Crippen LogP contribution in [0.15, 0.2) is 0 Å². The molecule has 0 amide bonds. The number of carboxylic acid groups (broad SMARTS) is 1. The minimum absolute atomic E-state index is 0.0511. The summed E-state index contributed by atoms with van der Waals surface area (Å²) in [7, 11) is 1.18. The smallest absolute Gasteiger partial charge is 0.320 e. The van der Waals surface area contributed by atoms with Gasteiger partial charge in [0.2, 0.25) is 0 Å². The molecule has 0 aromatic rings. The van der Waals surface area contributed by atoms with Crippen molar-refractivity contribution in [2.24, 2.45) is 17.6 Å². The third kappa shape index (κ3) is 3.74. The highest BCUT2D eigenvalue weighted by molar-refractivity contribution is 5.93. The molecule has 0 radical (unpaired) electrons. The van der Waals surface area contributed by atoms with E-state index in [0.29, 0.717) is 6.54 Å². The maximum Gasteiger partial charge on any atom is 0.320 e. The number of hydrogen-bond donors (Lipinski definition) is 2. The van der Waals surface area contributed by atoms with Crippen molar-refractivity contribution in [1.82, 2.24) is 0 Å². The van der Waals surface area contributed by atoms with E-state index in [1.54, 1.807) is 0 Å². The van der Waals surface area contributed by atoms with E-state index in [4.69, 9.17) is 10.8 Å². The maximum absolute atomic E-state index is 11.1. The van der Waals surface area contributed by atoms with Crippen LogP contribution >= 0.6 is 0 Å². The lowest BCUT2D eigenvalue weighted by molar-refractivity contribution is -0.157. The lowest BCUT2D eigenvalue weighted by atomic mass is 9.92. The van der Waals surface area contributed by atoms with Crippen LogP contribution < -0.4 is 5.73 Å². The van der Waals surface area contributed by atoms with Crippen LogP contribution in [0.4, 0.5) is 0 Å². The van der Waals surface area contributed by atoms with Gasteiger partial charge in [0.15, 0.2) is 5.92 Å². The first-order valence-electron chi connectivity index (χ1n) is 4.57. The lowest BCUT2D eigenvalue weighted by Gasteiger charge is -2.16. The molecule has 0 aliphatic heterocycles. The van der Waals surface area contributed by atoms with Gasteiger partial charge in [0, 0.05) is 0 Å². The molecular formula is C9H17NO4. The van der Waals surface area contributed by atoms with Crippen LogP contribution in [0.2, 0.25) is 0 Å². The summed E-state index contributed by atoms with van der Waals surface area (Å²) >= 11 is 0. The van der Waals surface area contributed by atoms with Crippen molar-refractivity contribution in [2.75, 3.05) is 13.7 Å².